The van der Waals surface area contributed by atoms with Crippen LogP contribution in [0.1, 0.15) is 32.6 Å². The molecule has 1 aliphatic heterocycles. The smallest absolute Gasteiger partial charge is 0.315 e. The third kappa shape index (κ3) is 3.67. The highest BCUT2D eigenvalue weighted by atomic mass is 16.5. The molecule has 0 aromatic carbocycles. The van der Waals surface area contributed by atoms with E-state index in [-0.39, 0.29) is 18.0 Å². The molecular formula is C12H20O3. The highest BCUT2D eigenvalue weighted by Gasteiger charge is 2.28. The molecule has 1 saturated heterocycles. The summed E-state index contributed by atoms with van der Waals surface area (Å²) >= 11 is 0. The molecule has 1 rings (SSSR count). The molecule has 0 amide bonds. The largest absolute Gasteiger partial charge is 0.468 e. The lowest BCUT2D eigenvalue weighted by atomic mass is 9.95. The normalized spacial score (nSPS) is 24.0. The summed E-state index contributed by atoms with van der Waals surface area (Å²) in [6.07, 6.45) is 8.05. The van der Waals surface area contributed by atoms with E-state index in [9.17, 15) is 4.79 Å². The Morgan fingerprint density at radius 1 is 1.60 bits per heavy atom. The van der Waals surface area contributed by atoms with E-state index in [0.717, 1.165) is 32.3 Å². The van der Waals surface area contributed by atoms with E-state index in [1.54, 1.807) is 0 Å². The lowest BCUT2D eigenvalue weighted by molar-refractivity contribution is -0.149. The summed E-state index contributed by atoms with van der Waals surface area (Å²) in [7, 11) is 1.43. The summed E-state index contributed by atoms with van der Waals surface area (Å²) in [5, 5.41) is 0. The highest BCUT2D eigenvalue weighted by Crippen LogP contribution is 2.22. The highest BCUT2D eigenvalue weighted by molar-refractivity contribution is 5.75. The van der Waals surface area contributed by atoms with Gasteiger partial charge in [-0.3, -0.25) is 4.79 Å². The van der Waals surface area contributed by atoms with Gasteiger partial charge in [0.05, 0.1) is 13.2 Å². The Bertz CT molecular complexity index is 217. The molecule has 0 radical (unpaired) electrons. The van der Waals surface area contributed by atoms with Gasteiger partial charge in [0, 0.05) is 6.61 Å². The van der Waals surface area contributed by atoms with Crippen molar-refractivity contribution in [3.05, 3.63) is 12.2 Å². The molecule has 0 saturated carbocycles. The van der Waals surface area contributed by atoms with Gasteiger partial charge in [-0.05, 0) is 25.7 Å². The molecule has 15 heavy (non-hydrogen) atoms. The van der Waals surface area contributed by atoms with E-state index in [0.29, 0.717) is 0 Å². The molecule has 0 spiro atoms. The maximum atomic E-state index is 11.6. The minimum atomic E-state index is -0.227. The first-order chi connectivity index (χ1) is 7.29. The van der Waals surface area contributed by atoms with Crippen molar-refractivity contribution in [2.45, 2.75) is 38.7 Å². The summed E-state index contributed by atoms with van der Waals surface area (Å²) in [6, 6.07) is 0. The standard InChI is InChI=1S/C12H20O3/c1-3-4-7-10(12(13)14-2)11-8-5-6-9-15-11/h4,7,10-11H,3,5-6,8-9H2,1-2H3. The van der Waals surface area contributed by atoms with Crippen molar-refractivity contribution < 1.29 is 14.3 Å². The Labute approximate surface area is 91.4 Å². The summed E-state index contributed by atoms with van der Waals surface area (Å²) in [4.78, 5) is 11.6. The molecule has 86 valence electrons. The molecule has 1 heterocycles. The van der Waals surface area contributed by atoms with Crippen molar-refractivity contribution in [1.82, 2.24) is 0 Å². The zero-order chi connectivity index (χ0) is 11.1. The van der Waals surface area contributed by atoms with Crippen LogP contribution in [0.25, 0.3) is 0 Å². The zero-order valence-corrected chi connectivity index (χ0v) is 9.57. The number of allylic oxidation sites excluding steroid dienone is 1. The second-order valence-electron chi connectivity index (χ2n) is 3.79. The molecule has 0 aromatic rings. The predicted molar refractivity (Wildman–Crippen MR) is 58.5 cm³/mol. The molecular weight excluding hydrogens is 192 g/mol. The maximum Gasteiger partial charge on any atom is 0.315 e. The van der Waals surface area contributed by atoms with Crippen LogP contribution in [0.5, 0.6) is 0 Å². The number of hydrogen-bond donors (Lipinski definition) is 0. The molecule has 0 N–H and O–H groups in total. The van der Waals surface area contributed by atoms with Crippen LogP contribution in [0, 0.1) is 5.92 Å². The van der Waals surface area contributed by atoms with Crippen LogP contribution in [-0.4, -0.2) is 25.8 Å². The first-order valence-electron chi connectivity index (χ1n) is 5.65. The van der Waals surface area contributed by atoms with Crippen molar-refractivity contribution in [3.8, 4) is 0 Å². The fourth-order valence-corrected chi connectivity index (χ4v) is 1.82. The van der Waals surface area contributed by atoms with Gasteiger partial charge in [-0.2, -0.15) is 0 Å². The minimum absolute atomic E-state index is 0.00833. The average molecular weight is 212 g/mol. The Kier molecular flexibility index (Phi) is 5.40. The first kappa shape index (κ1) is 12.2. The Morgan fingerprint density at radius 3 is 2.93 bits per heavy atom. The molecule has 1 fully saturated rings. The summed E-state index contributed by atoms with van der Waals surface area (Å²) < 4.78 is 10.4. The van der Waals surface area contributed by atoms with Gasteiger partial charge in [-0.1, -0.05) is 19.1 Å². The van der Waals surface area contributed by atoms with E-state index in [4.69, 9.17) is 9.47 Å². The van der Waals surface area contributed by atoms with Crippen molar-refractivity contribution in [2.75, 3.05) is 13.7 Å². The minimum Gasteiger partial charge on any atom is -0.468 e. The number of rotatable bonds is 4. The Morgan fingerprint density at radius 2 is 2.40 bits per heavy atom. The lowest BCUT2D eigenvalue weighted by Gasteiger charge is -2.26. The molecule has 0 aliphatic carbocycles. The van der Waals surface area contributed by atoms with Crippen LogP contribution in [0.3, 0.4) is 0 Å². The first-order valence-corrected chi connectivity index (χ1v) is 5.65. The predicted octanol–water partition coefficient (Wildman–Crippen LogP) is 2.31. The summed E-state index contributed by atoms with van der Waals surface area (Å²) in [5.41, 5.74) is 0. The number of methoxy groups -OCH3 is 1. The topological polar surface area (TPSA) is 35.5 Å². The second kappa shape index (κ2) is 6.62. The van der Waals surface area contributed by atoms with Gasteiger partial charge < -0.3 is 9.47 Å². The zero-order valence-electron chi connectivity index (χ0n) is 9.57. The molecule has 0 bridgehead atoms. The van der Waals surface area contributed by atoms with Crippen LogP contribution in [0.15, 0.2) is 12.2 Å². The number of carbonyl (C=O) groups excluding carboxylic acids is 1. The number of hydrogen-bond acceptors (Lipinski definition) is 3. The SMILES string of the molecule is CCC=CC(C(=O)OC)C1CCCCO1. The van der Waals surface area contributed by atoms with Crippen molar-refractivity contribution >= 4 is 5.97 Å². The summed E-state index contributed by atoms with van der Waals surface area (Å²) in [5.74, 6) is -0.415. The van der Waals surface area contributed by atoms with E-state index in [1.807, 2.05) is 19.1 Å². The van der Waals surface area contributed by atoms with Crippen LogP contribution < -0.4 is 0 Å². The molecule has 3 nitrogen and oxygen atoms in total. The molecule has 2 unspecified atom stereocenters. The van der Waals surface area contributed by atoms with Crippen LogP contribution in [0.2, 0.25) is 0 Å². The fourth-order valence-electron chi connectivity index (χ4n) is 1.82. The fraction of sp³-hybridized carbons (Fsp3) is 0.750. The van der Waals surface area contributed by atoms with E-state index in [2.05, 4.69) is 0 Å². The van der Waals surface area contributed by atoms with Crippen molar-refractivity contribution in [3.63, 3.8) is 0 Å². The monoisotopic (exact) mass is 212 g/mol. The van der Waals surface area contributed by atoms with Gasteiger partial charge in [0.15, 0.2) is 0 Å². The number of carbonyl (C=O) groups is 1. The maximum absolute atomic E-state index is 11.6. The van der Waals surface area contributed by atoms with Crippen LogP contribution in [0.4, 0.5) is 0 Å². The molecule has 3 heteroatoms. The lowest BCUT2D eigenvalue weighted by Crippen LogP contribution is -2.32. The summed E-state index contributed by atoms with van der Waals surface area (Å²) in [6.45, 7) is 2.81. The van der Waals surface area contributed by atoms with Crippen LogP contribution in [-0.2, 0) is 14.3 Å². The molecule has 1 aliphatic rings. The quantitative estimate of drug-likeness (QED) is 0.530. The van der Waals surface area contributed by atoms with Gasteiger partial charge >= 0.3 is 5.97 Å². The Balaban J connectivity index is 2.61. The second-order valence-corrected chi connectivity index (χ2v) is 3.79. The third-order valence-electron chi connectivity index (χ3n) is 2.67. The Hall–Kier alpha value is -0.830. The van der Waals surface area contributed by atoms with E-state index < -0.39 is 0 Å². The molecule has 0 aromatic heterocycles. The van der Waals surface area contributed by atoms with E-state index >= 15 is 0 Å². The van der Waals surface area contributed by atoms with Crippen LogP contribution >= 0.6 is 0 Å². The van der Waals surface area contributed by atoms with Crippen molar-refractivity contribution in [2.24, 2.45) is 5.92 Å². The van der Waals surface area contributed by atoms with Gasteiger partial charge in [0.25, 0.3) is 0 Å². The van der Waals surface area contributed by atoms with Gasteiger partial charge in [0.2, 0.25) is 0 Å². The van der Waals surface area contributed by atoms with Crippen molar-refractivity contribution in [1.29, 1.82) is 0 Å². The molecule has 2 atom stereocenters. The van der Waals surface area contributed by atoms with Gasteiger partial charge in [0.1, 0.15) is 5.92 Å². The third-order valence-corrected chi connectivity index (χ3v) is 2.67. The van der Waals surface area contributed by atoms with Gasteiger partial charge in [-0.25, -0.2) is 0 Å². The average Bonchev–Trinajstić information content (AvgIpc) is 2.30. The number of esters is 1. The number of ether oxygens (including phenoxy) is 2. The van der Waals surface area contributed by atoms with Gasteiger partial charge in [-0.15, -0.1) is 0 Å². The van der Waals surface area contributed by atoms with E-state index in [1.165, 1.54) is 7.11 Å².